The van der Waals surface area contributed by atoms with Gasteiger partial charge in [-0.25, -0.2) is 4.98 Å². The number of nitrogens with one attached hydrogen (secondary N) is 1. The van der Waals surface area contributed by atoms with Gasteiger partial charge in [0.2, 0.25) is 0 Å². The number of benzene rings is 2. The third kappa shape index (κ3) is 4.16. The Kier molecular flexibility index (Phi) is 5.59. The lowest BCUT2D eigenvalue weighted by Gasteiger charge is -2.08. The van der Waals surface area contributed by atoms with Crippen molar-refractivity contribution in [2.24, 2.45) is 0 Å². The molecule has 0 aliphatic rings. The molecule has 0 saturated heterocycles. The molecule has 5 nitrogen and oxygen atoms in total. The molecule has 1 amide bonds. The molecular formula is C22H18N2O3S2. The van der Waals surface area contributed by atoms with E-state index in [4.69, 9.17) is 14.5 Å². The SMILES string of the molecule is COc1ccc(-c2csc(-c3ccc(NC(=O)c4cccs4)cc3)n2)cc1OC. The lowest BCUT2D eigenvalue weighted by atomic mass is 10.1. The van der Waals surface area contributed by atoms with Crippen molar-refractivity contribution < 1.29 is 14.3 Å². The maximum atomic E-state index is 12.2. The number of methoxy groups -OCH3 is 2. The largest absolute Gasteiger partial charge is 0.493 e. The number of hydrogen-bond acceptors (Lipinski definition) is 6. The zero-order valence-electron chi connectivity index (χ0n) is 15.8. The molecule has 0 aliphatic heterocycles. The summed E-state index contributed by atoms with van der Waals surface area (Å²) in [6, 6.07) is 17.1. The molecule has 0 unspecified atom stereocenters. The normalized spacial score (nSPS) is 10.6. The van der Waals surface area contributed by atoms with E-state index in [0.29, 0.717) is 16.4 Å². The van der Waals surface area contributed by atoms with Crippen LogP contribution in [-0.2, 0) is 0 Å². The van der Waals surface area contributed by atoms with E-state index >= 15 is 0 Å². The van der Waals surface area contributed by atoms with Gasteiger partial charge < -0.3 is 14.8 Å². The third-order valence-corrected chi connectivity index (χ3v) is 6.08. The Morgan fingerprint density at radius 3 is 2.38 bits per heavy atom. The Bertz CT molecular complexity index is 1120. The van der Waals surface area contributed by atoms with Crippen LogP contribution in [0.4, 0.5) is 5.69 Å². The second-order valence-corrected chi connectivity index (χ2v) is 7.92. The first kappa shape index (κ1) is 19.2. The second-order valence-electron chi connectivity index (χ2n) is 6.12. The quantitative estimate of drug-likeness (QED) is 0.426. The minimum atomic E-state index is -0.0993. The number of amides is 1. The van der Waals surface area contributed by atoms with E-state index in [1.807, 2.05) is 59.3 Å². The molecule has 0 spiro atoms. The number of carbonyl (C=O) groups is 1. The van der Waals surface area contributed by atoms with Crippen LogP contribution in [0.5, 0.6) is 11.5 Å². The van der Waals surface area contributed by atoms with E-state index in [-0.39, 0.29) is 5.91 Å². The molecular weight excluding hydrogens is 404 g/mol. The average molecular weight is 423 g/mol. The fourth-order valence-corrected chi connectivity index (χ4v) is 4.29. The van der Waals surface area contributed by atoms with Gasteiger partial charge in [-0.2, -0.15) is 0 Å². The van der Waals surface area contributed by atoms with Crippen LogP contribution < -0.4 is 14.8 Å². The van der Waals surface area contributed by atoms with Crippen molar-refractivity contribution in [1.82, 2.24) is 4.98 Å². The van der Waals surface area contributed by atoms with Gasteiger partial charge >= 0.3 is 0 Å². The Hall–Kier alpha value is -3.16. The average Bonchev–Trinajstić information content (AvgIpc) is 3.46. The Morgan fingerprint density at radius 1 is 0.931 bits per heavy atom. The topological polar surface area (TPSA) is 60.5 Å². The van der Waals surface area contributed by atoms with Gasteiger partial charge in [-0.05, 0) is 53.9 Å². The molecule has 146 valence electrons. The lowest BCUT2D eigenvalue weighted by molar-refractivity contribution is 0.103. The summed E-state index contributed by atoms with van der Waals surface area (Å²) in [6.07, 6.45) is 0. The summed E-state index contributed by atoms with van der Waals surface area (Å²) >= 11 is 2.99. The van der Waals surface area contributed by atoms with Gasteiger partial charge in [-0.1, -0.05) is 6.07 Å². The predicted molar refractivity (Wildman–Crippen MR) is 118 cm³/mol. The highest BCUT2D eigenvalue weighted by atomic mass is 32.1. The molecule has 29 heavy (non-hydrogen) atoms. The van der Waals surface area contributed by atoms with Crippen LogP contribution in [0.15, 0.2) is 65.4 Å². The number of rotatable bonds is 6. The van der Waals surface area contributed by atoms with Gasteiger partial charge in [0.15, 0.2) is 11.5 Å². The fraction of sp³-hybridized carbons (Fsp3) is 0.0909. The van der Waals surface area contributed by atoms with Crippen molar-refractivity contribution in [2.45, 2.75) is 0 Å². The van der Waals surface area contributed by atoms with Crippen molar-refractivity contribution in [2.75, 3.05) is 19.5 Å². The van der Waals surface area contributed by atoms with Gasteiger partial charge in [0.05, 0.1) is 24.8 Å². The Labute approximate surface area is 176 Å². The minimum Gasteiger partial charge on any atom is -0.493 e. The molecule has 0 radical (unpaired) electrons. The van der Waals surface area contributed by atoms with E-state index in [2.05, 4.69) is 5.32 Å². The van der Waals surface area contributed by atoms with Crippen LogP contribution in [0.3, 0.4) is 0 Å². The van der Waals surface area contributed by atoms with Crippen molar-refractivity contribution in [3.63, 3.8) is 0 Å². The minimum absolute atomic E-state index is 0.0993. The highest BCUT2D eigenvalue weighted by Gasteiger charge is 2.11. The highest BCUT2D eigenvalue weighted by molar-refractivity contribution is 7.13. The van der Waals surface area contributed by atoms with Crippen LogP contribution >= 0.6 is 22.7 Å². The Morgan fingerprint density at radius 2 is 1.69 bits per heavy atom. The van der Waals surface area contributed by atoms with Gasteiger partial charge in [-0.15, -0.1) is 22.7 Å². The summed E-state index contributed by atoms with van der Waals surface area (Å²) in [5.41, 5.74) is 3.59. The molecule has 0 aliphatic carbocycles. The first-order valence-corrected chi connectivity index (χ1v) is 10.6. The summed E-state index contributed by atoms with van der Waals surface area (Å²) in [4.78, 5) is 17.6. The molecule has 2 aromatic carbocycles. The summed E-state index contributed by atoms with van der Waals surface area (Å²) in [5, 5.41) is 7.72. The maximum absolute atomic E-state index is 12.2. The number of anilines is 1. The smallest absolute Gasteiger partial charge is 0.265 e. The number of aromatic nitrogens is 1. The van der Waals surface area contributed by atoms with Crippen LogP contribution in [-0.4, -0.2) is 25.1 Å². The van der Waals surface area contributed by atoms with Crippen LogP contribution in [0.2, 0.25) is 0 Å². The summed E-state index contributed by atoms with van der Waals surface area (Å²) in [5.74, 6) is 1.26. The summed E-state index contributed by atoms with van der Waals surface area (Å²) in [7, 11) is 3.23. The van der Waals surface area contributed by atoms with Crippen molar-refractivity contribution >= 4 is 34.3 Å². The van der Waals surface area contributed by atoms with Gasteiger partial charge in [0.25, 0.3) is 5.91 Å². The Balaban J connectivity index is 1.51. The number of hydrogen-bond donors (Lipinski definition) is 1. The number of carbonyl (C=O) groups excluding carboxylic acids is 1. The standard InChI is InChI=1S/C22H18N2O3S2/c1-26-18-10-7-15(12-19(18)27-2)17-13-29-22(24-17)14-5-8-16(9-6-14)23-21(25)20-4-3-11-28-20/h3-13H,1-2H3,(H,23,25). The molecule has 7 heteroatoms. The molecule has 2 aromatic heterocycles. The zero-order valence-corrected chi connectivity index (χ0v) is 17.5. The van der Waals surface area contributed by atoms with E-state index in [0.717, 1.165) is 27.5 Å². The van der Waals surface area contributed by atoms with E-state index in [1.165, 1.54) is 11.3 Å². The van der Waals surface area contributed by atoms with Crippen LogP contribution in [0.25, 0.3) is 21.8 Å². The summed E-state index contributed by atoms with van der Waals surface area (Å²) in [6.45, 7) is 0. The van der Waals surface area contributed by atoms with E-state index in [1.54, 1.807) is 31.6 Å². The molecule has 1 N–H and O–H groups in total. The molecule has 4 rings (SSSR count). The molecule has 4 aromatic rings. The summed E-state index contributed by atoms with van der Waals surface area (Å²) < 4.78 is 10.7. The molecule has 0 atom stereocenters. The maximum Gasteiger partial charge on any atom is 0.265 e. The molecule has 0 bridgehead atoms. The number of thiazole rings is 1. The lowest BCUT2D eigenvalue weighted by Crippen LogP contribution is -2.09. The van der Waals surface area contributed by atoms with E-state index < -0.39 is 0 Å². The highest BCUT2D eigenvalue weighted by Crippen LogP contribution is 2.34. The van der Waals surface area contributed by atoms with Gasteiger partial charge in [-0.3, -0.25) is 4.79 Å². The number of thiophene rings is 1. The second kappa shape index (κ2) is 8.46. The fourth-order valence-electron chi connectivity index (χ4n) is 2.83. The molecule has 0 saturated carbocycles. The monoisotopic (exact) mass is 422 g/mol. The van der Waals surface area contributed by atoms with Crippen LogP contribution in [0.1, 0.15) is 9.67 Å². The third-order valence-electron chi connectivity index (χ3n) is 4.32. The first-order chi connectivity index (χ1) is 14.2. The van der Waals surface area contributed by atoms with E-state index in [9.17, 15) is 4.79 Å². The van der Waals surface area contributed by atoms with Crippen molar-refractivity contribution in [1.29, 1.82) is 0 Å². The number of nitrogens with zero attached hydrogens (tertiary/aromatic N) is 1. The molecule has 0 fully saturated rings. The van der Waals surface area contributed by atoms with Gasteiger partial charge in [0.1, 0.15) is 5.01 Å². The van der Waals surface area contributed by atoms with Crippen molar-refractivity contribution in [3.05, 3.63) is 70.2 Å². The first-order valence-electron chi connectivity index (χ1n) is 8.81. The zero-order chi connectivity index (χ0) is 20.2. The van der Waals surface area contributed by atoms with Crippen molar-refractivity contribution in [3.8, 4) is 33.3 Å². The van der Waals surface area contributed by atoms with Crippen LogP contribution in [0, 0.1) is 0 Å². The number of ether oxygens (including phenoxy) is 2. The molecule has 2 heterocycles. The predicted octanol–water partition coefficient (Wildman–Crippen LogP) is 5.81. The van der Waals surface area contributed by atoms with Gasteiger partial charge in [0, 0.05) is 22.2 Å².